The number of amides is 1. The van der Waals surface area contributed by atoms with E-state index >= 15 is 0 Å². The summed E-state index contributed by atoms with van der Waals surface area (Å²) < 4.78 is 0. The SMILES string of the molecule is CCNCc1ccc(NC(=O)c2ccc(=O)[nH]n2)cc1. The Labute approximate surface area is 116 Å². The Morgan fingerprint density at radius 1 is 1.20 bits per heavy atom. The van der Waals surface area contributed by atoms with E-state index in [1.54, 1.807) is 0 Å². The maximum absolute atomic E-state index is 11.9. The van der Waals surface area contributed by atoms with Crippen molar-refractivity contribution < 1.29 is 4.79 Å². The second kappa shape index (κ2) is 6.63. The van der Waals surface area contributed by atoms with Gasteiger partial charge in [-0.15, -0.1) is 0 Å². The third-order valence-electron chi connectivity index (χ3n) is 2.70. The van der Waals surface area contributed by atoms with Gasteiger partial charge in [-0.1, -0.05) is 19.1 Å². The molecular weight excluding hydrogens is 256 g/mol. The van der Waals surface area contributed by atoms with Crippen LogP contribution in [0, 0.1) is 0 Å². The van der Waals surface area contributed by atoms with Gasteiger partial charge in [0.05, 0.1) is 0 Å². The van der Waals surface area contributed by atoms with Crippen molar-refractivity contribution in [1.29, 1.82) is 0 Å². The van der Waals surface area contributed by atoms with E-state index in [-0.39, 0.29) is 17.2 Å². The van der Waals surface area contributed by atoms with Gasteiger partial charge in [-0.05, 0) is 30.3 Å². The molecule has 6 nitrogen and oxygen atoms in total. The highest BCUT2D eigenvalue weighted by Gasteiger charge is 2.07. The lowest BCUT2D eigenvalue weighted by Gasteiger charge is -2.06. The van der Waals surface area contributed by atoms with Crippen molar-refractivity contribution in [2.45, 2.75) is 13.5 Å². The van der Waals surface area contributed by atoms with E-state index in [2.05, 4.69) is 20.8 Å². The number of nitrogens with zero attached hydrogens (tertiary/aromatic N) is 1. The largest absolute Gasteiger partial charge is 0.321 e. The van der Waals surface area contributed by atoms with Gasteiger partial charge in [-0.25, -0.2) is 5.10 Å². The number of benzene rings is 1. The molecule has 1 aromatic heterocycles. The van der Waals surface area contributed by atoms with Crippen molar-refractivity contribution in [1.82, 2.24) is 15.5 Å². The highest BCUT2D eigenvalue weighted by atomic mass is 16.2. The van der Waals surface area contributed by atoms with Crippen LogP contribution >= 0.6 is 0 Å². The van der Waals surface area contributed by atoms with Crippen LogP contribution in [-0.4, -0.2) is 22.6 Å². The summed E-state index contributed by atoms with van der Waals surface area (Å²) in [5.74, 6) is -0.360. The molecule has 0 aliphatic heterocycles. The zero-order valence-corrected chi connectivity index (χ0v) is 11.1. The first kappa shape index (κ1) is 14.0. The minimum atomic E-state index is -0.360. The van der Waals surface area contributed by atoms with Crippen molar-refractivity contribution in [3.05, 3.63) is 58.0 Å². The molecule has 0 bridgehead atoms. The lowest BCUT2D eigenvalue weighted by atomic mass is 10.2. The molecule has 0 saturated carbocycles. The molecule has 0 spiro atoms. The molecule has 20 heavy (non-hydrogen) atoms. The maximum atomic E-state index is 11.9. The monoisotopic (exact) mass is 272 g/mol. The van der Waals surface area contributed by atoms with Crippen LogP contribution < -0.4 is 16.2 Å². The maximum Gasteiger partial charge on any atom is 0.276 e. The molecule has 0 atom stereocenters. The molecule has 6 heteroatoms. The number of H-pyrrole nitrogens is 1. The third kappa shape index (κ3) is 3.76. The van der Waals surface area contributed by atoms with Gasteiger partial charge >= 0.3 is 0 Å². The number of aromatic amines is 1. The number of hydrogen-bond acceptors (Lipinski definition) is 4. The standard InChI is InChI=1S/C14H16N4O2/c1-2-15-9-10-3-5-11(6-4-10)16-14(20)12-7-8-13(19)18-17-12/h3-8,15H,2,9H2,1H3,(H,16,20)(H,18,19). The molecule has 2 rings (SSSR count). The minimum Gasteiger partial charge on any atom is -0.321 e. The van der Waals surface area contributed by atoms with E-state index in [0.29, 0.717) is 5.69 Å². The molecule has 1 amide bonds. The Bertz CT molecular complexity index is 614. The van der Waals surface area contributed by atoms with E-state index in [0.717, 1.165) is 18.7 Å². The second-order valence-electron chi connectivity index (χ2n) is 4.24. The summed E-state index contributed by atoms with van der Waals surface area (Å²) in [7, 11) is 0. The first-order valence-corrected chi connectivity index (χ1v) is 6.36. The van der Waals surface area contributed by atoms with E-state index in [4.69, 9.17) is 0 Å². The predicted octanol–water partition coefficient (Wildman–Crippen LogP) is 1.13. The van der Waals surface area contributed by atoms with Crippen LogP contribution in [0.1, 0.15) is 23.0 Å². The molecule has 0 saturated heterocycles. The Morgan fingerprint density at radius 3 is 2.55 bits per heavy atom. The molecule has 0 aliphatic carbocycles. The van der Waals surface area contributed by atoms with E-state index in [9.17, 15) is 9.59 Å². The number of hydrogen-bond donors (Lipinski definition) is 3. The summed E-state index contributed by atoms with van der Waals surface area (Å²) >= 11 is 0. The summed E-state index contributed by atoms with van der Waals surface area (Å²) in [5.41, 5.74) is 1.66. The molecule has 104 valence electrons. The quantitative estimate of drug-likeness (QED) is 0.761. The number of carbonyl (C=O) groups is 1. The van der Waals surface area contributed by atoms with Gasteiger partial charge < -0.3 is 10.6 Å². The summed E-state index contributed by atoms with van der Waals surface area (Å²) in [4.78, 5) is 22.7. The third-order valence-corrected chi connectivity index (χ3v) is 2.70. The van der Waals surface area contributed by atoms with Gasteiger partial charge in [-0.3, -0.25) is 9.59 Å². The first-order valence-electron chi connectivity index (χ1n) is 6.36. The van der Waals surface area contributed by atoms with Crippen molar-refractivity contribution in [2.24, 2.45) is 0 Å². The number of carbonyl (C=O) groups excluding carboxylic acids is 1. The van der Waals surface area contributed by atoms with Crippen molar-refractivity contribution >= 4 is 11.6 Å². The Balaban J connectivity index is 2.00. The molecule has 2 aromatic rings. The molecule has 0 fully saturated rings. The fraction of sp³-hybridized carbons (Fsp3) is 0.214. The van der Waals surface area contributed by atoms with Gasteiger partial charge in [0.15, 0.2) is 0 Å². The van der Waals surface area contributed by atoms with Crippen LogP contribution in [0.2, 0.25) is 0 Å². The highest BCUT2D eigenvalue weighted by molar-refractivity contribution is 6.02. The molecule has 3 N–H and O–H groups in total. The van der Waals surface area contributed by atoms with Crippen LogP contribution in [0.25, 0.3) is 0 Å². The van der Waals surface area contributed by atoms with E-state index < -0.39 is 0 Å². The molecule has 0 unspecified atom stereocenters. The fourth-order valence-electron chi connectivity index (χ4n) is 1.64. The first-order chi connectivity index (χ1) is 9.69. The predicted molar refractivity (Wildman–Crippen MR) is 76.6 cm³/mol. The summed E-state index contributed by atoms with van der Waals surface area (Å²) in [5, 5.41) is 11.8. The normalized spacial score (nSPS) is 10.2. The van der Waals surface area contributed by atoms with E-state index in [1.165, 1.54) is 12.1 Å². The molecule has 1 aromatic carbocycles. The molecular formula is C14H16N4O2. The summed E-state index contributed by atoms with van der Waals surface area (Å²) in [6.07, 6.45) is 0. The Hall–Kier alpha value is -2.47. The van der Waals surface area contributed by atoms with E-state index in [1.807, 2.05) is 31.2 Å². The Morgan fingerprint density at radius 2 is 1.95 bits per heavy atom. The van der Waals surface area contributed by atoms with Crippen LogP contribution in [0.5, 0.6) is 0 Å². The zero-order valence-electron chi connectivity index (χ0n) is 11.1. The van der Waals surface area contributed by atoms with Gasteiger partial charge in [0.2, 0.25) is 0 Å². The van der Waals surface area contributed by atoms with Crippen molar-refractivity contribution in [3.8, 4) is 0 Å². The lowest BCUT2D eigenvalue weighted by Crippen LogP contribution is -2.17. The topological polar surface area (TPSA) is 86.9 Å². The van der Waals surface area contributed by atoms with Crippen LogP contribution in [0.15, 0.2) is 41.2 Å². The number of nitrogens with one attached hydrogen (secondary N) is 3. The lowest BCUT2D eigenvalue weighted by molar-refractivity contribution is 0.102. The fourth-order valence-corrected chi connectivity index (χ4v) is 1.64. The zero-order chi connectivity index (χ0) is 14.4. The van der Waals surface area contributed by atoms with Gasteiger partial charge in [0.25, 0.3) is 11.5 Å². The molecule has 0 aliphatic rings. The summed E-state index contributed by atoms with van der Waals surface area (Å²) in [6, 6.07) is 10.2. The van der Waals surface area contributed by atoms with Crippen molar-refractivity contribution in [2.75, 3.05) is 11.9 Å². The number of aromatic nitrogens is 2. The van der Waals surface area contributed by atoms with Crippen LogP contribution in [-0.2, 0) is 6.54 Å². The second-order valence-corrected chi connectivity index (χ2v) is 4.24. The van der Waals surface area contributed by atoms with Gasteiger partial charge in [0.1, 0.15) is 5.69 Å². The van der Waals surface area contributed by atoms with Gasteiger partial charge in [0, 0.05) is 18.3 Å². The average molecular weight is 272 g/mol. The highest BCUT2D eigenvalue weighted by Crippen LogP contribution is 2.10. The van der Waals surface area contributed by atoms with Gasteiger partial charge in [-0.2, -0.15) is 5.10 Å². The molecule has 1 heterocycles. The summed E-state index contributed by atoms with van der Waals surface area (Å²) in [6.45, 7) is 3.76. The van der Waals surface area contributed by atoms with Crippen LogP contribution in [0.3, 0.4) is 0 Å². The smallest absolute Gasteiger partial charge is 0.276 e. The molecule has 0 radical (unpaired) electrons. The minimum absolute atomic E-state index is 0.168. The van der Waals surface area contributed by atoms with Crippen molar-refractivity contribution in [3.63, 3.8) is 0 Å². The number of anilines is 1. The number of rotatable bonds is 5. The van der Waals surface area contributed by atoms with Crippen LogP contribution in [0.4, 0.5) is 5.69 Å². The Kier molecular flexibility index (Phi) is 4.62. The average Bonchev–Trinajstić information content (AvgIpc) is 2.47.